The minimum absolute atomic E-state index is 0.191. The minimum atomic E-state index is -0.627. The van der Waals surface area contributed by atoms with E-state index in [0.717, 1.165) is 12.8 Å². The molecule has 2 heterocycles. The molecule has 1 aliphatic heterocycles. The van der Waals surface area contributed by atoms with E-state index in [1.165, 1.54) is 10.9 Å². The first-order valence-electron chi connectivity index (χ1n) is 8.42. The first-order chi connectivity index (χ1) is 12.0. The number of aromatic nitrogens is 2. The van der Waals surface area contributed by atoms with Gasteiger partial charge in [0.25, 0.3) is 11.5 Å². The average Bonchev–Trinajstić information content (AvgIpc) is 2.62. The summed E-state index contributed by atoms with van der Waals surface area (Å²) in [5.41, 5.74) is 0.269. The number of para-hydroxylation sites is 1. The van der Waals surface area contributed by atoms with Gasteiger partial charge in [0, 0.05) is 13.1 Å². The number of amides is 1. The molecule has 132 valence electrons. The van der Waals surface area contributed by atoms with Gasteiger partial charge in [-0.05, 0) is 30.9 Å². The summed E-state index contributed by atoms with van der Waals surface area (Å²) in [7, 11) is 0. The molecule has 3 rings (SSSR count). The predicted molar refractivity (Wildman–Crippen MR) is 91.9 cm³/mol. The largest absolute Gasteiger partial charge is 0.454 e. The van der Waals surface area contributed by atoms with Crippen molar-refractivity contribution in [3.63, 3.8) is 0 Å². The molecule has 1 atom stereocenters. The van der Waals surface area contributed by atoms with Crippen LogP contribution in [0, 0.1) is 5.92 Å². The molecule has 25 heavy (non-hydrogen) atoms. The zero-order valence-electron chi connectivity index (χ0n) is 14.2. The van der Waals surface area contributed by atoms with Crippen molar-refractivity contribution in [2.75, 3.05) is 19.7 Å². The predicted octanol–water partition coefficient (Wildman–Crippen LogP) is 1.20. The van der Waals surface area contributed by atoms with Gasteiger partial charge in [0.2, 0.25) is 0 Å². The molecule has 0 aliphatic carbocycles. The second-order valence-corrected chi connectivity index (χ2v) is 6.44. The first kappa shape index (κ1) is 17.1. The van der Waals surface area contributed by atoms with E-state index >= 15 is 0 Å². The molecule has 1 saturated heterocycles. The first-order valence-corrected chi connectivity index (χ1v) is 8.42. The van der Waals surface area contributed by atoms with Crippen molar-refractivity contribution in [1.82, 2.24) is 14.5 Å². The fourth-order valence-electron chi connectivity index (χ4n) is 3.05. The average molecular weight is 343 g/mol. The van der Waals surface area contributed by atoms with Crippen LogP contribution < -0.4 is 5.56 Å². The van der Waals surface area contributed by atoms with Gasteiger partial charge in [-0.15, -0.1) is 0 Å². The van der Waals surface area contributed by atoms with Crippen LogP contribution in [-0.2, 0) is 20.9 Å². The molecule has 0 saturated carbocycles. The Morgan fingerprint density at radius 1 is 1.32 bits per heavy atom. The Labute approximate surface area is 145 Å². The van der Waals surface area contributed by atoms with Gasteiger partial charge in [0.1, 0.15) is 6.54 Å². The zero-order chi connectivity index (χ0) is 17.8. The second-order valence-electron chi connectivity index (χ2n) is 6.44. The summed E-state index contributed by atoms with van der Waals surface area (Å²) in [5, 5.41) is 0.441. The molecule has 7 heteroatoms. The number of hydrogen-bond acceptors (Lipinski definition) is 5. The van der Waals surface area contributed by atoms with E-state index in [-0.39, 0.29) is 24.6 Å². The molecule has 0 spiro atoms. The molecule has 1 aliphatic rings. The van der Waals surface area contributed by atoms with Gasteiger partial charge in [0.15, 0.2) is 6.61 Å². The summed E-state index contributed by atoms with van der Waals surface area (Å²) in [4.78, 5) is 42.3. The zero-order valence-corrected chi connectivity index (χ0v) is 14.2. The number of hydrogen-bond donors (Lipinski definition) is 0. The highest BCUT2D eigenvalue weighted by Crippen LogP contribution is 2.15. The lowest BCUT2D eigenvalue weighted by Crippen LogP contribution is -2.41. The molecule has 1 fully saturated rings. The molecule has 0 radical (unpaired) electrons. The molecule has 0 unspecified atom stereocenters. The van der Waals surface area contributed by atoms with E-state index in [0.29, 0.717) is 29.9 Å². The maximum Gasteiger partial charge on any atom is 0.326 e. The van der Waals surface area contributed by atoms with E-state index in [4.69, 9.17) is 4.74 Å². The third-order valence-electron chi connectivity index (χ3n) is 4.40. The lowest BCUT2D eigenvalue weighted by molar-refractivity contribution is -0.153. The summed E-state index contributed by atoms with van der Waals surface area (Å²) in [5.74, 6) is -0.350. The highest BCUT2D eigenvalue weighted by Gasteiger charge is 2.22. The molecule has 1 aromatic carbocycles. The fraction of sp³-hybridized carbons (Fsp3) is 0.444. The molecule has 1 aromatic heterocycles. The van der Waals surface area contributed by atoms with Crippen LogP contribution in [-0.4, -0.2) is 46.0 Å². The van der Waals surface area contributed by atoms with Crippen molar-refractivity contribution in [2.45, 2.75) is 26.3 Å². The van der Waals surface area contributed by atoms with Gasteiger partial charge >= 0.3 is 5.97 Å². The lowest BCUT2D eigenvalue weighted by Gasteiger charge is -2.30. The van der Waals surface area contributed by atoms with Crippen molar-refractivity contribution in [2.24, 2.45) is 5.92 Å². The quantitative estimate of drug-likeness (QED) is 0.779. The van der Waals surface area contributed by atoms with E-state index in [2.05, 4.69) is 11.9 Å². The topological polar surface area (TPSA) is 81.5 Å². The fourth-order valence-corrected chi connectivity index (χ4v) is 3.05. The molecule has 2 aromatic rings. The normalized spacial score (nSPS) is 17.5. The lowest BCUT2D eigenvalue weighted by atomic mass is 10.0. The van der Waals surface area contributed by atoms with Crippen molar-refractivity contribution in [3.05, 3.63) is 40.9 Å². The Kier molecular flexibility index (Phi) is 5.11. The van der Waals surface area contributed by atoms with Gasteiger partial charge in [0.05, 0.1) is 17.2 Å². The maximum atomic E-state index is 12.3. The molecule has 7 nitrogen and oxygen atoms in total. The number of likely N-dealkylation sites (tertiary alicyclic amines) is 1. The van der Waals surface area contributed by atoms with Gasteiger partial charge in [-0.25, -0.2) is 4.98 Å². The van der Waals surface area contributed by atoms with Gasteiger partial charge in [-0.3, -0.25) is 19.0 Å². The Morgan fingerprint density at radius 3 is 2.92 bits per heavy atom. The van der Waals surface area contributed by atoms with Crippen LogP contribution in [0.3, 0.4) is 0 Å². The SMILES string of the molecule is C[C@@H]1CCCN(C(=O)COC(=O)Cn2cnc3ccccc3c2=O)C1. The van der Waals surface area contributed by atoms with Crippen molar-refractivity contribution < 1.29 is 14.3 Å². The van der Waals surface area contributed by atoms with Crippen molar-refractivity contribution in [3.8, 4) is 0 Å². The highest BCUT2D eigenvalue weighted by molar-refractivity contribution is 5.81. The van der Waals surface area contributed by atoms with Gasteiger partial charge in [-0.2, -0.15) is 0 Å². The smallest absolute Gasteiger partial charge is 0.326 e. The van der Waals surface area contributed by atoms with Crippen LogP contribution in [0.1, 0.15) is 19.8 Å². The number of ether oxygens (including phenoxy) is 1. The Balaban J connectivity index is 1.58. The van der Waals surface area contributed by atoms with Crippen molar-refractivity contribution in [1.29, 1.82) is 0 Å². The van der Waals surface area contributed by atoms with E-state index < -0.39 is 5.97 Å². The number of rotatable bonds is 4. The highest BCUT2D eigenvalue weighted by atomic mass is 16.5. The van der Waals surface area contributed by atoms with Crippen LogP contribution in [0.5, 0.6) is 0 Å². The van der Waals surface area contributed by atoms with E-state index in [1.54, 1.807) is 29.2 Å². The Hall–Kier alpha value is -2.70. The number of nitrogens with zero attached hydrogens (tertiary/aromatic N) is 3. The van der Waals surface area contributed by atoms with Crippen LogP contribution in [0.25, 0.3) is 10.9 Å². The summed E-state index contributed by atoms with van der Waals surface area (Å²) >= 11 is 0. The minimum Gasteiger partial charge on any atom is -0.454 e. The Bertz CT molecular complexity index is 846. The molecule has 0 bridgehead atoms. The van der Waals surface area contributed by atoms with E-state index in [1.807, 2.05) is 0 Å². The standard InChI is InChI=1S/C18H21N3O4/c1-13-5-4-8-20(9-13)16(22)11-25-17(23)10-21-12-19-15-7-3-2-6-14(15)18(21)24/h2-3,6-7,12-13H,4-5,8-11H2,1H3/t13-/m1/s1. The number of carbonyl (C=O) groups is 2. The number of piperidine rings is 1. The second kappa shape index (κ2) is 7.46. The van der Waals surface area contributed by atoms with E-state index in [9.17, 15) is 14.4 Å². The van der Waals surface area contributed by atoms with Crippen LogP contribution in [0.2, 0.25) is 0 Å². The van der Waals surface area contributed by atoms with Gasteiger partial charge < -0.3 is 9.64 Å². The monoisotopic (exact) mass is 343 g/mol. The number of carbonyl (C=O) groups excluding carboxylic acids is 2. The third-order valence-corrected chi connectivity index (χ3v) is 4.40. The summed E-state index contributed by atoms with van der Waals surface area (Å²) < 4.78 is 6.24. The number of benzene rings is 1. The summed E-state index contributed by atoms with van der Waals surface area (Å²) in [6.07, 6.45) is 3.40. The van der Waals surface area contributed by atoms with Crippen molar-refractivity contribution >= 4 is 22.8 Å². The molecule has 0 N–H and O–H groups in total. The Morgan fingerprint density at radius 2 is 2.12 bits per heavy atom. The molecule has 1 amide bonds. The van der Waals surface area contributed by atoms with Crippen LogP contribution in [0.15, 0.2) is 35.4 Å². The molecular weight excluding hydrogens is 322 g/mol. The maximum absolute atomic E-state index is 12.3. The van der Waals surface area contributed by atoms with Crippen LogP contribution in [0.4, 0.5) is 0 Å². The van der Waals surface area contributed by atoms with Crippen LogP contribution >= 0.6 is 0 Å². The molecular formula is C18H21N3O4. The number of fused-ring (bicyclic) bond motifs is 1. The van der Waals surface area contributed by atoms with Gasteiger partial charge in [-0.1, -0.05) is 19.1 Å². The third kappa shape index (κ3) is 4.04. The summed E-state index contributed by atoms with van der Waals surface area (Å²) in [6.45, 7) is 2.95. The summed E-state index contributed by atoms with van der Waals surface area (Å²) in [6, 6.07) is 6.93. The number of esters is 1.